The lowest BCUT2D eigenvalue weighted by Crippen LogP contribution is -1.91. The number of thiophene rings is 1. The maximum atomic E-state index is 5.71. The van der Waals surface area contributed by atoms with Crippen LogP contribution in [0, 0.1) is 13.8 Å². The average Bonchev–Trinajstić information content (AvgIpc) is 2.57. The lowest BCUT2D eigenvalue weighted by atomic mass is 10.2. The molecule has 0 aliphatic carbocycles. The van der Waals surface area contributed by atoms with E-state index in [0.717, 1.165) is 16.9 Å². The SMILES string of the molecule is Cc1ccc(-c2cc(C)c(N)cn2)s1. The molecule has 72 valence electrons. The molecule has 3 heteroatoms. The van der Waals surface area contributed by atoms with E-state index in [4.69, 9.17) is 5.73 Å². The number of nitrogens with two attached hydrogens (primary N) is 1. The molecule has 0 saturated heterocycles. The molecule has 2 heterocycles. The second-order valence-electron chi connectivity index (χ2n) is 3.34. The van der Waals surface area contributed by atoms with Crippen LogP contribution in [-0.4, -0.2) is 4.98 Å². The molecule has 2 nitrogen and oxygen atoms in total. The second-order valence-corrected chi connectivity index (χ2v) is 4.62. The molecule has 2 aromatic rings. The van der Waals surface area contributed by atoms with Crippen molar-refractivity contribution in [2.75, 3.05) is 5.73 Å². The summed E-state index contributed by atoms with van der Waals surface area (Å²) in [4.78, 5) is 6.81. The van der Waals surface area contributed by atoms with Gasteiger partial charge >= 0.3 is 0 Å². The van der Waals surface area contributed by atoms with Gasteiger partial charge in [0.05, 0.1) is 22.5 Å². The summed E-state index contributed by atoms with van der Waals surface area (Å²) in [6.07, 6.45) is 1.72. The average molecular weight is 204 g/mol. The Bertz CT molecular complexity index is 460. The first kappa shape index (κ1) is 9.21. The molecule has 0 amide bonds. The van der Waals surface area contributed by atoms with Crippen molar-refractivity contribution in [2.24, 2.45) is 0 Å². The van der Waals surface area contributed by atoms with Gasteiger partial charge in [0.2, 0.25) is 0 Å². The number of nitrogen functional groups attached to an aromatic ring is 1. The van der Waals surface area contributed by atoms with Gasteiger partial charge in [-0.25, -0.2) is 0 Å². The molecule has 2 N–H and O–H groups in total. The van der Waals surface area contributed by atoms with Gasteiger partial charge in [0.1, 0.15) is 0 Å². The molecule has 0 spiro atoms. The molecule has 0 radical (unpaired) electrons. The fraction of sp³-hybridized carbons (Fsp3) is 0.182. The highest BCUT2D eigenvalue weighted by molar-refractivity contribution is 7.15. The summed E-state index contributed by atoms with van der Waals surface area (Å²) in [5.74, 6) is 0. The third kappa shape index (κ3) is 1.63. The summed E-state index contributed by atoms with van der Waals surface area (Å²) < 4.78 is 0. The Kier molecular flexibility index (Phi) is 2.25. The first-order chi connectivity index (χ1) is 6.66. The predicted molar refractivity (Wildman–Crippen MR) is 61.4 cm³/mol. The zero-order valence-electron chi connectivity index (χ0n) is 8.24. The Balaban J connectivity index is 2.47. The Morgan fingerprint density at radius 3 is 2.64 bits per heavy atom. The van der Waals surface area contributed by atoms with Crippen LogP contribution in [0.5, 0.6) is 0 Å². The molecule has 0 fully saturated rings. The first-order valence-corrected chi connectivity index (χ1v) is 5.27. The molecule has 0 aromatic carbocycles. The zero-order chi connectivity index (χ0) is 10.1. The van der Waals surface area contributed by atoms with Crippen molar-refractivity contribution in [1.82, 2.24) is 4.98 Å². The van der Waals surface area contributed by atoms with Crippen LogP contribution in [0.25, 0.3) is 10.6 Å². The molecule has 0 aliphatic rings. The smallest absolute Gasteiger partial charge is 0.0806 e. The minimum atomic E-state index is 0.752. The van der Waals surface area contributed by atoms with Gasteiger partial charge in [0.25, 0.3) is 0 Å². The summed E-state index contributed by atoms with van der Waals surface area (Å²) in [6.45, 7) is 4.10. The van der Waals surface area contributed by atoms with Gasteiger partial charge < -0.3 is 5.73 Å². The highest BCUT2D eigenvalue weighted by atomic mass is 32.1. The molecule has 0 bridgehead atoms. The summed E-state index contributed by atoms with van der Waals surface area (Å²) in [6, 6.07) is 6.23. The Morgan fingerprint density at radius 2 is 2.07 bits per heavy atom. The van der Waals surface area contributed by atoms with E-state index in [1.165, 1.54) is 9.75 Å². The number of hydrogen-bond donors (Lipinski definition) is 1. The van der Waals surface area contributed by atoms with Crippen molar-refractivity contribution in [3.63, 3.8) is 0 Å². The Morgan fingerprint density at radius 1 is 1.29 bits per heavy atom. The van der Waals surface area contributed by atoms with Crippen molar-refractivity contribution in [2.45, 2.75) is 13.8 Å². The van der Waals surface area contributed by atoms with Gasteiger partial charge in [-0.3, -0.25) is 4.98 Å². The van der Waals surface area contributed by atoms with E-state index in [-0.39, 0.29) is 0 Å². The number of aryl methyl sites for hydroxylation is 2. The van der Waals surface area contributed by atoms with Crippen molar-refractivity contribution < 1.29 is 0 Å². The lowest BCUT2D eigenvalue weighted by molar-refractivity contribution is 1.30. The second kappa shape index (κ2) is 3.42. The minimum absolute atomic E-state index is 0.752. The van der Waals surface area contributed by atoms with Crippen molar-refractivity contribution in [3.05, 3.63) is 34.8 Å². The van der Waals surface area contributed by atoms with Crippen LogP contribution < -0.4 is 5.73 Å². The van der Waals surface area contributed by atoms with Gasteiger partial charge in [-0.05, 0) is 37.6 Å². The summed E-state index contributed by atoms with van der Waals surface area (Å²) in [5.41, 5.74) is 8.56. The Hall–Kier alpha value is -1.35. The number of aromatic nitrogens is 1. The van der Waals surface area contributed by atoms with Crippen molar-refractivity contribution in [3.8, 4) is 10.6 Å². The van der Waals surface area contributed by atoms with Gasteiger partial charge in [-0.15, -0.1) is 11.3 Å². The molecular weight excluding hydrogens is 192 g/mol. The van der Waals surface area contributed by atoms with Crippen LogP contribution in [0.3, 0.4) is 0 Å². The maximum Gasteiger partial charge on any atom is 0.0806 e. The van der Waals surface area contributed by atoms with Crippen molar-refractivity contribution in [1.29, 1.82) is 0 Å². The van der Waals surface area contributed by atoms with E-state index in [9.17, 15) is 0 Å². The zero-order valence-corrected chi connectivity index (χ0v) is 9.06. The summed E-state index contributed by atoms with van der Waals surface area (Å²) in [5, 5.41) is 0. The fourth-order valence-corrected chi connectivity index (χ4v) is 2.11. The summed E-state index contributed by atoms with van der Waals surface area (Å²) >= 11 is 1.75. The van der Waals surface area contributed by atoms with Crippen LogP contribution >= 0.6 is 11.3 Å². The van der Waals surface area contributed by atoms with Crippen LogP contribution in [0.4, 0.5) is 5.69 Å². The van der Waals surface area contributed by atoms with Crippen LogP contribution in [0.15, 0.2) is 24.4 Å². The van der Waals surface area contributed by atoms with Crippen molar-refractivity contribution >= 4 is 17.0 Å². The van der Waals surface area contributed by atoms with Crippen LogP contribution in [0.1, 0.15) is 10.4 Å². The number of pyridine rings is 1. The summed E-state index contributed by atoms with van der Waals surface area (Å²) in [7, 11) is 0. The Labute approximate surface area is 87.4 Å². The molecule has 0 aliphatic heterocycles. The number of anilines is 1. The standard InChI is InChI=1S/C11H12N2S/c1-7-5-10(13-6-9(7)12)11-4-3-8(2)14-11/h3-6H,12H2,1-2H3. The van der Waals surface area contributed by atoms with E-state index in [2.05, 4.69) is 24.0 Å². The van der Waals surface area contributed by atoms with Gasteiger partial charge in [0.15, 0.2) is 0 Å². The highest BCUT2D eigenvalue weighted by Gasteiger charge is 2.03. The number of rotatable bonds is 1. The minimum Gasteiger partial charge on any atom is -0.397 e. The van der Waals surface area contributed by atoms with E-state index in [1.807, 2.05) is 13.0 Å². The third-order valence-corrected chi connectivity index (χ3v) is 3.17. The molecule has 2 rings (SSSR count). The fourth-order valence-electron chi connectivity index (χ4n) is 1.27. The molecule has 0 atom stereocenters. The monoisotopic (exact) mass is 204 g/mol. The molecule has 0 saturated carbocycles. The van der Waals surface area contributed by atoms with E-state index in [1.54, 1.807) is 17.5 Å². The third-order valence-electron chi connectivity index (χ3n) is 2.14. The molecule has 14 heavy (non-hydrogen) atoms. The highest BCUT2D eigenvalue weighted by Crippen LogP contribution is 2.27. The molecule has 2 aromatic heterocycles. The quantitative estimate of drug-likeness (QED) is 0.775. The van der Waals surface area contributed by atoms with E-state index < -0.39 is 0 Å². The lowest BCUT2D eigenvalue weighted by Gasteiger charge is -2.01. The number of nitrogens with zero attached hydrogens (tertiary/aromatic N) is 1. The van der Waals surface area contributed by atoms with E-state index >= 15 is 0 Å². The topological polar surface area (TPSA) is 38.9 Å². The maximum absolute atomic E-state index is 5.71. The van der Waals surface area contributed by atoms with Gasteiger partial charge in [0, 0.05) is 4.88 Å². The van der Waals surface area contributed by atoms with Crippen LogP contribution in [-0.2, 0) is 0 Å². The molecular formula is C11H12N2S. The molecule has 0 unspecified atom stereocenters. The normalized spacial score (nSPS) is 10.4. The first-order valence-electron chi connectivity index (χ1n) is 4.46. The van der Waals surface area contributed by atoms with Crippen LogP contribution in [0.2, 0.25) is 0 Å². The largest absolute Gasteiger partial charge is 0.397 e. The van der Waals surface area contributed by atoms with Gasteiger partial charge in [-0.2, -0.15) is 0 Å². The van der Waals surface area contributed by atoms with Gasteiger partial charge in [-0.1, -0.05) is 0 Å². The predicted octanol–water partition coefficient (Wildman–Crippen LogP) is 3.01. The van der Waals surface area contributed by atoms with E-state index in [0.29, 0.717) is 0 Å². The number of hydrogen-bond acceptors (Lipinski definition) is 3.